The van der Waals surface area contributed by atoms with Crippen LogP contribution in [0.15, 0.2) is 28.8 Å². The van der Waals surface area contributed by atoms with Crippen LogP contribution >= 0.6 is 11.6 Å². The standard InChI is InChI=1S/C15H12ClFN2O4/c16-9-4-3-8(5-10(9)17)13(15(21)22)18-14(20)11-6-12(23-19-11)7-1-2-7/h3-7,13H,1-2H2,(H,18,20)(H,21,22). The van der Waals surface area contributed by atoms with Gasteiger partial charge in [-0.05, 0) is 30.5 Å². The summed E-state index contributed by atoms with van der Waals surface area (Å²) in [5, 5.41) is 15.1. The first-order valence-electron chi connectivity index (χ1n) is 6.91. The molecular weight excluding hydrogens is 327 g/mol. The molecule has 23 heavy (non-hydrogen) atoms. The number of carboxylic acid groups (broad SMARTS) is 1. The van der Waals surface area contributed by atoms with Gasteiger partial charge >= 0.3 is 5.97 Å². The Hall–Kier alpha value is -2.41. The van der Waals surface area contributed by atoms with Crippen LogP contribution in [0.5, 0.6) is 0 Å². The van der Waals surface area contributed by atoms with E-state index in [1.807, 2.05) is 0 Å². The molecule has 0 saturated heterocycles. The molecule has 2 N–H and O–H groups in total. The first kappa shape index (κ1) is 15.5. The van der Waals surface area contributed by atoms with Gasteiger partial charge < -0.3 is 14.9 Å². The maximum Gasteiger partial charge on any atom is 0.330 e. The second-order valence-electron chi connectivity index (χ2n) is 5.31. The number of halogens is 2. The van der Waals surface area contributed by atoms with Gasteiger partial charge in [-0.3, -0.25) is 4.79 Å². The van der Waals surface area contributed by atoms with Gasteiger partial charge in [0.2, 0.25) is 0 Å². The molecule has 1 fully saturated rings. The van der Waals surface area contributed by atoms with Crippen LogP contribution in [0.3, 0.4) is 0 Å². The van der Waals surface area contributed by atoms with E-state index in [2.05, 4.69) is 10.5 Å². The molecule has 1 unspecified atom stereocenters. The van der Waals surface area contributed by atoms with Gasteiger partial charge in [-0.2, -0.15) is 0 Å². The molecule has 1 aromatic heterocycles. The smallest absolute Gasteiger partial charge is 0.330 e. The van der Waals surface area contributed by atoms with Crippen LogP contribution in [0, 0.1) is 5.82 Å². The lowest BCUT2D eigenvalue weighted by atomic mass is 10.1. The van der Waals surface area contributed by atoms with Gasteiger partial charge in [0.25, 0.3) is 5.91 Å². The van der Waals surface area contributed by atoms with E-state index in [0.29, 0.717) is 5.76 Å². The molecule has 120 valence electrons. The Bertz CT molecular complexity index is 773. The zero-order chi connectivity index (χ0) is 16.6. The maximum absolute atomic E-state index is 13.5. The van der Waals surface area contributed by atoms with Gasteiger partial charge in [-0.1, -0.05) is 22.8 Å². The fourth-order valence-electron chi connectivity index (χ4n) is 2.14. The van der Waals surface area contributed by atoms with Gasteiger partial charge in [0, 0.05) is 12.0 Å². The van der Waals surface area contributed by atoms with Gasteiger partial charge in [0.15, 0.2) is 11.7 Å². The Balaban J connectivity index is 1.79. The van der Waals surface area contributed by atoms with E-state index in [1.54, 1.807) is 0 Å². The fourth-order valence-corrected chi connectivity index (χ4v) is 2.26. The number of nitrogens with one attached hydrogen (secondary N) is 1. The first-order valence-corrected chi connectivity index (χ1v) is 7.28. The summed E-state index contributed by atoms with van der Waals surface area (Å²) < 4.78 is 18.6. The van der Waals surface area contributed by atoms with Crippen molar-refractivity contribution in [3.8, 4) is 0 Å². The average Bonchev–Trinajstić information content (AvgIpc) is 3.24. The Labute approximate surface area is 135 Å². The van der Waals surface area contributed by atoms with Gasteiger partial charge in [0.1, 0.15) is 11.6 Å². The predicted octanol–water partition coefficient (Wildman–Crippen LogP) is 2.90. The number of hydrogen-bond acceptors (Lipinski definition) is 4. The molecule has 1 heterocycles. The number of amides is 1. The molecule has 1 aromatic carbocycles. The fraction of sp³-hybridized carbons (Fsp3) is 0.267. The molecule has 3 rings (SSSR count). The number of nitrogens with zero attached hydrogens (tertiary/aromatic N) is 1. The number of carboxylic acids is 1. The summed E-state index contributed by atoms with van der Waals surface area (Å²) in [5.74, 6) is -1.90. The van der Waals surface area contributed by atoms with Crippen LogP contribution in [0.1, 0.15) is 46.6 Å². The minimum absolute atomic E-state index is 0.00687. The molecule has 2 aromatic rings. The molecular formula is C15H12ClFN2O4. The summed E-state index contributed by atoms with van der Waals surface area (Å²) in [4.78, 5) is 23.5. The Morgan fingerprint density at radius 3 is 2.74 bits per heavy atom. The SMILES string of the molecule is O=C(NC(C(=O)O)c1ccc(Cl)c(F)c1)c1cc(C2CC2)on1. The van der Waals surface area contributed by atoms with Crippen molar-refractivity contribution in [2.45, 2.75) is 24.8 Å². The van der Waals surface area contributed by atoms with Crippen LogP contribution in [0.4, 0.5) is 4.39 Å². The van der Waals surface area contributed by atoms with Crippen LogP contribution < -0.4 is 5.32 Å². The monoisotopic (exact) mass is 338 g/mol. The zero-order valence-electron chi connectivity index (χ0n) is 11.8. The molecule has 1 aliphatic carbocycles. The third kappa shape index (κ3) is 3.34. The molecule has 1 atom stereocenters. The first-order chi connectivity index (χ1) is 11.0. The number of aliphatic carboxylic acids is 1. The van der Waals surface area contributed by atoms with Crippen molar-refractivity contribution in [1.82, 2.24) is 10.5 Å². The molecule has 8 heteroatoms. The van der Waals surface area contributed by atoms with Gasteiger partial charge in [0.05, 0.1) is 5.02 Å². The summed E-state index contributed by atoms with van der Waals surface area (Å²) in [6.07, 6.45) is 1.97. The summed E-state index contributed by atoms with van der Waals surface area (Å²) in [5.41, 5.74) is 0.0613. The van der Waals surface area contributed by atoms with Gasteiger partial charge in [-0.15, -0.1) is 0 Å². The lowest BCUT2D eigenvalue weighted by molar-refractivity contribution is -0.139. The average molecular weight is 339 g/mol. The highest BCUT2D eigenvalue weighted by molar-refractivity contribution is 6.30. The number of hydrogen-bond donors (Lipinski definition) is 2. The largest absolute Gasteiger partial charge is 0.479 e. The lowest BCUT2D eigenvalue weighted by Crippen LogP contribution is -2.34. The van der Waals surface area contributed by atoms with Crippen molar-refractivity contribution in [2.75, 3.05) is 0 Å². The van der Waals surface area contributed by atoms with Crippen molar-refractivity contribution < 1.29 is 23.6 Å². The normalized spacial score (nSPS) is 15.2. The summed E-state index contributed by atoms with van der Waals surface area (Å²) in [6.45, 7) is 0. The van der Waals surface area contributed by atoms with E-state index < -0.39 is 23.7 Å². The molecule has 0 bridgehead atoms. The van der Waals surface area contributed by atoms with Crippen molar-refractivity contribution in [3.05, 3.63) is 52.1 Å². The second kappa shape index (κ2) is 6.00. The molecule has 1 amide bonds. The number of benzene rings is 1. The Kier molecular flexibility index (Phi) is 4.04. The second-order valence-corrected chi connectivity index (χ2v) is 5.71. The minimum Gasteiger partial charge on any atom is -0.479 e. The number of carbonyl (C=O) groups excluding carboxylic acids is 1. The van der Waals surface area contributed by atoms with E-state index >= 15 is 0 Å². The number of rotatable bonds is 5. The highest BCUT2D eigenvalue weighted by Crippen LogP contribution is 2.40. The Morgan fingerprint density at radius 1 is 1.39 bits per heavy atom. The van der Waals surface area contributed by atoms with Crippen LogP contribution in [0.25, 0.3) is 0 Å². The summed E-state index contributed by atoms with van der Waals surface area (Å²) in [7, 11) is 0. The highest BCUT2D eigenvalue weighted by atomic mass is 35.5. The molecule has 0 aliphatic heterocycles. The van der Waals surface area contributed by atoms with Crippen molar-refractivity contribution in [3.63, 3.8) is 0 Å². The van der Waals surface area contributed by atoms with E-state index in [-0.39, 0.29) is 22.2 Å². The molecule has 0 radical (unpaired) electrons. The summed E-state index contributed by atoms with van der Waals surface area (Å²) in [6, 6.07) is 3.61. The number of carbonyl (C=O) groups is 2. The van der Waals surface area contributed by atoms with Crippen LogP contribution in [-0.4, -0.2) is 22.1 Å². The van der Waals surface area contributed by atoms with E-state index in [0.717, 1.165) is 18.9 Å². The van der Waals surface area contributed by atoms with E-state index in [9.17, 15) is 19.1 Å². The third-order valence-corrected chi connectivity index (χ3v) is 3.85. The van der Waals surface area contributed by atoms with Crippen LogP contribution in [-0.2, 0) is 4.79 Å². The third-order valence-electron chi connectivity index (χ3n) is 3.54. The minimum atomic E-state index is -1.42. The molecule has 6 nitrogen and oxygen atoms in total. The Morgan fingerprint density at radius 2 is 2.13 bits per heavy atom. The van der Waals surface area contributed by atoms with Crippen molar-refractivity contribution in [1.29, 1.82) is 0 Å². The zero-order valence-corrected chi connectivity index (χ0v) is 12.5. The van der Waals surface area contributed by atoms with E-state index in [4.69, 9.17) is 16.1 Å². The van der Waals surface area contributed by atoms with Crippen LogP contribution in [0.2, 0.25) is 5.02 Å². The highest BCUT2D eigenvalue weighted by Gasteiger charge is 2.30. The topological polar surface area (TPSA) is 92.4 Å². The van der Waals surface area contributed by atoms with E-state index in [1.165, 1.54) is 18.2 Å². The summed E-state index contributed by atoms with van der Waals surface area (Å²) >= 11 is 5.57. The molecule has 0 spiro atoms. The van der Waals surface area contributed by atoms with Crippen molar-refractivity contribution >= 4 is 23.5 Å². The lowest BCUT2D eigenvalue weighted by Gasteiger charge is -2.14. The van der Waals surface area contributed by atoms with Gasteiger partial charge in [-0.25, -0.2) is 9.18 Å². The number of aromatic nitrogens is 1. The molecule has 1 aliphatic rings. The molecule has 1 saturated carbocycles. The quantitative estimate of drug-likeness (QED) is 0.874. The predicted molar refractivity (Wildman–Crippen MR) is 77.7 cm³/mol. The van der Waals surface area contributed by atoms with Crippen molar-refractivity contribution in [2.24, 2.45) is 0 Å². The maximum atomic E-state index is 13.5.